The first-order valence-electron chi connectivity index (χ1n) is 5.14. The van der Waals surface area contributed by atoms with E-state index in [-0.39, 0.29) is 5.82 Å². The molecule has 7 heteroatoms. The number of benzene rings is 1. The van der Waals surface area contributed by atoms with Crippen molar-refractivity contribution in [2.24, 2.45) is 0 Å². The van der Waals surface area contributed by atoms with Gasteiger partial charge in [-0.05, 0) is 17.7 Å². The smallest absolute Gasteiger partial charge is 0.208 e. The average Bonchev–Trinajstić information content (AvgIpc) is 2.76. The van der Waals surface area contributed by atoms with E-state index < -0.39 is 0 Å². The molecule has 3 nitrogen and oxygen atoms in total. The Morgan fingerprint density at radius 1 is 1.39 bits per heavy atom. The Hall–Kier alpha value is -0.660. The van der Waals surface area contributed by atoms with Gasteiger partial charge in [0.05, 0.1) is 0 Å². The second-order valence-electron chi connectivity index (χ2n) is 3.77. The molecular formula is C11H11BrFN3S2. The van der Waals surface area contributed by atoms with Crippen molar-refractivity contribution in [3.05, 3.63) is 34.1 Å². The first-order valence-corrected chi connectivity index (χ1v) is 7.73. The maximum Gasteiger partial charge on any atom is 0.208 e. The topological polar surface area (TPSA) is 29.0 Å². The molecule has 0 aliphatic carbocycles. The molecule has 0 atom stereocenters. The van der Waals surface area contributed by atoms with E-state index in [1.165, 1.54) is 12.1 Å². The van der Waals surface area contributed by atoms with Crippen LogP contribution in [0.4, 0.5) is 9.52 Å². The second-order valence-corrected chi connectivity index (χ2v) is 6.80. The van der Waals surface area contributed by atoms with Crippen molar-refractivity contribution < 1.29 is 4.39 Å². The molecule has 1 aromatic carbocycles. The van der Waals surface area contributed by atoms with E-state index in [2.05, 4.69) is 26.1 Å². The van der Waals surface area contributed by atoms with Gasteiger partial charge < -0.3 is 4.90 Å². The normalized spacial score (nSPS) is 10.7. The standard InChI is InChI=1S/C11H11BrFN3S2/c1-16(2)10-14-15-11(18-10)17-6-7-3-4-8(13)5-9(7)12/h3-5H,6H2,1-2H3. The quantitative estimate of drug-likeness (QED) is 0.786. The minimum Gasteiger partial charge on any atom is -0.353 e. The van der Waals surface area contributed by atoms with Crippen LogP contribution in [0.3, 0.4) is 0 Å². The maximum absolute atomic E-state index is 12.9. The Kier molecular flexibility index (Phi) is 4.58. The third-order valence-corrected chi connectivity index (χ3v) is 5.16. The SMILES string of the molecule is CN(C)c1nnc(SCc2ccc(F)cc2Br)s1. The zero-order chi connectivity index (χ0) is 13.1. The van der Waals surface area contributed by atoms with Gasteiger partial charge in [-0.1, -0.05) is 45.1 Å². The van der Waals surface area contributed by atoms with Crippen molar-refractivity contribution in [2.45, 2.75) is 10.1 Å². The van der Waals surface area contributed by atoms with Crippen LogP contribution in [0.1, 0.15) is 5.56 Å². The lowest BCUT2D eigenvalue weighted by Crippen LogP contribution is -2.07. The van der Waals surface area contributed by atoms with Gasteiger partial charge in [0.2, 0.25) is 5.13 Å². The molecule has 18 heavy (non-hydrogen) atoms. The first kappa shape index (κ1) is 13.8. The average molecular weight is 348 g/mol. The van der Waals surface area contributed by atoms with Gasteiger partial charge in [-0.3, -0.25) is 0 Å². The van der Waals surface area contributed by atoms with Crippen LogP contribution < -0.4 is 4.90 Å². The molecule has 0 N–H and O–H groups in total. The van der Waals surface area contributed by atoms with Crippen LogP contribution in [0.15, 0.2) is 27.0 Å². The lowest BCUT2D eigenvalue weighted by atomic mass is 10.2. The summed E-state index contributed by atoms with van der Waals surface area (Å²) in [6.07, 6.45) is 0. The highest BCUT2D eigenvalue weighted by atomic mass is 79.9. The summed E-state index contributed by atoms with van der Waals surface area (Å²) in [5.41, 5.74) is 1.04. The number of anilines is 1. The van der Waals surface area contributed by atoms with Crippen LogP contribution in [0.5, 0.6) is 0 Å². The molecule has 0 saturated heterocycles. The lowest BCUT2D eigenvalue weighted by Gasteiger charge is -2.04. The summed E-state index contributed by atoms with van der Waals surface area (Å²) in [6, 6.07) is 4.72. The molecule has 0 radical (unpaired) electrons. The minimum atomic E-state index is -0.235. The Morgan fingerprint density at radius 3 is 2.78 bits per heavy atom. The largest absolute Gasteiger partial charge is 0.353 e. The predicted molar refractivity (Wildman–Crippen MR) is 77.9 cm³/mol. The zero-order valence-corrected chi connectivity index (χ0v) is 13.1. The summed E-state index contributed by atoms with van der Waals surface area (Å²) in [5.74, 6) is 0.504. The van der Waals surface area contributed by atoms with Crippen LogP contribution in [-0.2, 0) is 5.75 Å². The summed E-state index contributed by atoms with van der Waals surface area (Å²) in [5, 5.41) is 9.05. The van der Waals surface area contributed by atoms with E-state index >= 15 is 0 Å². The molecule has 0 saturated carbocycles. The van der Waals surface area contributed by atoms with Crippen molar-refractivity contribution >= 4 is 44.2 Å². The molecule has 0 aliphatic rings. The minimum absolute atomic E-state index is 0.235. The number of rotatable bonds is 4. The summed E-state index contributed by atoms with van der Waals surface area (Å²) in [6.45, 7) is 0. The fraction of sp³-hybridized carbons (Fsp3) is 0.273. The van der Waals surface area contributed by atoms with Crippen molar-refractivity contribution in [1.29, 1.82) is 0 Å². The van der Waals surface area contributed by atoms with E-state index in [0.717, 1.165) is 25.3 Å². The molecule has 0 fully saturated rings. The molecule has 0 spiro atoms. The van der Waals surface area contributed by atoms with Gasteiger partial charge in [0.25, 0.3) is 0 Å². The predicted octanol–water partition coefficient (Wildman–Crippen LogP) is 3.80. The van der Waals surface area contributed by atoms with E-state index in [9.17, 15) is 4.39 Å². The number of thioether (sulfide) groups is 1. The molecular weight excluding hydrogens is 337 g/mol. The molecule has 0 unspecified atom stereocenters. The summed E-state index contributed by atoms with van der Waals surface area (Å²) in [4.78, 5) is 1.93. The fourth-order valence-electron chi connectivity index (χ4n) is 1.22. The van der Waals surface area contributed by atoms with Crippen LogP contribution in [0.25, 0.3) is 0 Å². The third kappa shape index (κ3) is 3.43. The highest BCUT2D eigenvalue weighted by Crippen LogP contribution is 2.31. The van der Waals surface area contributed by atoms with Gasteiger partial charge in [0.1, 0.15) is 5.82 Å². The summed E-state index contributed by atoms with van der Waals surface area (Å²) >= 11 is 6.50. The van der Waals surface area contributed by atoms with Gasteiger partial charge >= 0.3 is 0 Å². The lowest BCUT2D eigenvalue weighted by molar-refractivity contribution is 0.626. The van der Waals surface area contributed by atoms with E-state index in [0.29, 0.717) is 0 Å². The monoisotopic (exact) mass is 347 g/mol. The summed E-state index contributed by atoms with van der Waals surface area (Å²) < 4.78 is 14.6. The van der Waals surface area contributed by atoms with Crippen molar-refractivity contribution in [3.63, 3.8) is 0 Å². The highest BCUT2D eigenvalue weighted by molar-refractivity contribution is 9.10. The second kappa shape index (κ2) is 5.99. The van der Waals surface area contributed by atoms with E-state index in [4.69, 9.17) is 0 Å². The molecule has 0 bridgehead atoms. The van der Waals surface area contributed by atoms with Crippen molar-refractivity contribution in [2.75, 3.05) is 19.0 Å². The first-order chi connectivity index (χ1) is 8.56. The number of hydrogen-bond acceptors (Lipinski definition) is 5. The van der Waals surface area contributed by atoms with E-state index in [1.807, 2.05) is 19.0 Å². The van der Waals surface area contributed by atoms with Crippen LogP contribution in [0.2, 0.25) is 0 Å². The summed E-state index contributed by atoms with van der Waals surface area (Å²) in [7, 11) is 3.87. The molecule has 2 rings (SSSR count). The Balaban J connectivity index is 2.02. The molecule has 0 amide bonds. The molecule has 96 valence electrons. The third-order valence-electron chi connectivity index (χ3n) is 2.14. The van der Waals surface area contributed by atoms with Gasteiger partial charge in [-0.15, -0.1) is 10.2 Å². The Bertz CT molecular complexity index is 545. The van der Waals surface area contributed by atoms with Gasteiger partial charge in [-0.25, -0.2) is 4.39 Å². The van der Waals surface area contributed by atoms with Crippen LogP contribution in [0, 0.1) is 5.82 Å². The van der Waals surface area contributed by atoms with Gasteiger partial charge in [0.15, 0.2) is 4.34 Å². The Labute approximate surface area is 122 Å². The number of aromatic nitrogens is 2. The number of nitrogens with zero attached hydrogens (tertiary/aromatic N) is 3. The molecule has 2 aromatic rings. The zero-order valence-electron chi connectivity index (χ0n) is 9.85. The number of halogens is 2. The van der Waals surface area contributed by atoms with Crippen LogP contribution >= 0.6 is 39.0 Å². The van der Waals surface area contributed by atoms with Gasteiger partial charge in [-0.2, -0.15) is 0 Å². The molecule has 1 aromatic heterocycles. The van der Waals surface area contributed by atoms with Gasteiger partial charge in [0, 0.05) is 24.3 Å². The highest BCUT2D eigenvalue weighted by Gasteiger charge is 2.08. The number of hydrogen-bond donors (Lipinski definition) is 0. The molecule has 1 heterocycles. The van der Waals surface area contributed by atoms with E-state index in [1.54, 1.807) is 29.2 Å². The van der Waals surface area contributed by atoms with Crippen molar-refractivity contribution in [3.8, 4) is 0 Å². The maximum atomic E-state index is 12.9. The van der Waals surface area contributed by atoms with Crippen LogP contribution in [-0.4, -0.2) is 24.3 Å². The molecule has 0 aliphatic heterocycles. The van der Waals surface area contributed by atoms with Crippen molar-refractivity contribution in [1.82, 2.24) is 10.2 Å². The fourth-order valence-corrected chi connectivity index (χ4v) is 3.66. The Morgan fingerprint density at radius 2 is 2.17 bits per heavy atom.